The first kappa shape index (κ1) is 20.7. The largest absolute Gasteiger partial charge is 0.433 e. The number of thioether (sulfide) groups is 1. The molecule has 1 aromatic carbocycles. The van der Waals surface area contributed by atoms with Crippen LogP contribution < -0.4 is 10.2 Å². The lowest BCUT2D eigenvalue weighted by molar-refractivity contribution is -0.141. The van der Waals surface area contributed by atoms with Gasteiger partial charge in [-0.05, 0) is 17.7 Å². The number of piperazine rings is 1. The Labute approximate surface area is 161 Å². The maximum absolute atomic E-state index is 13.2. The number of halogens is 6. The molecule has 2 aromatic rings. The van der Waals surface area contributed by atoms with E-state index in [4.69, 9.17) is 0 Å². The van der Waals surface area contributed by atoms with Crippen LogP contribution in [0.15, 0.2) is 35.5 Å². The SMILES string of the molecule is FC(F)(F)c1ccc(CSc2nc(N3CCNCC3)cc(C(F)(F)F)n2)cc1. The number of rotatable bonds is 4. The second-order valence-electron chi connectivity index (χ2n) is 6.11. The van der Waals surface area contributed by atoms with E-state index in [1.165, 1.54) is 12.1 Å². The van der Waals surface area contributed by atoms with Gasteiger partial charge in [0.2, 0.25) is 0 Å². The molecule has 0 radical (unpaired) electrons. The molecule has 152 valence electrons. The van der Waals surface area contributed by atoms with E-state index in [1.54, 1.807) is 4.90 Å². The summed E-state index contributed by atoms with van der Waals surface area (Å²) in [6.45, 7) is 2.33. The molecule has 1 aromatic heterocycles. The maximum Gasteiger partial charge on any atom is 0.433 e. The summed E-state index contributed by atoms with van der Waals surface area (Å²) in [5.41, 5.74) is -1.29. The van der Waals surface area contributed by atoms with Crippen molar-refractivity contribution in [1.82, 2.24) is 15.3 Å². The molecular weight excluding hydrogens is 406 g/mol. The first-order valence-electron chi connectivity index (χ1n) is 8.34. The number of nitrogens with zero attached hydrogens (tertiary/aromatic N) is 3. The van der Waals surface area contributed by atoms with Crippen LogP contribution in [0.5, 0.6) is 0 Å². The number of alkyl halides is 6. The molecule has 1 aliphatic heterocycles. The summed E-state index contributed by atoms with van der Waals surface area (Å²) >= 11 is 0.950. The van der Waals surface area contributed by atoms with E-state index in [0.29, 0.717) is 31.7 Å². The van der Waals surface area contributed by atoms with Gasteiger partial charge in [-0.25, -0.2) is 9.97 Å². The fourth-order valence-corrected chi connectivity index (χ4v) is 3.43. The maximum atomic E-state index is 13.2. The second kappa shape index (κ2) is 8.16. The number of benzene rings is 1. The summed E-state index contributed by atoms with van der Waals surface area (Å²) in [7, 11) is 0. The molecule has 3 rings (SSSR count). The van der Waals surface area contributed by atoms with Crippen LogP contribution in [0.4, 0.5) is 32.2 Å². The van der Waals surface area contributed by atoms with Crippen molar-refractivity contribution in [2.75, 3.05) is 31.1 Å². The summed E-state index contributed by atoms with van der Waals surface area (Å²) in [6.07, 6.45) is -9.05. The minimum Gasteiger partial charge on any atom is -0.354 e. The van der Waals surface area contributed by atoms with Gasteiger partial charge in [0.05, 0.1) is 5.56 Å². The number of anilines is 1. The van der Waals surface area contributed by atoms with Gasteiger partial charge < -0.3 is 10.2 Å². The molecule has 0 spiro atoms. The van der Waals surface area contributed by atoms with Crippen LogP contribution in [0.1, 0.15) is 16.8 Å². The van der Waals surface area contributed by atoms with Crippen molar-refractivity contribution in [3.8, 4) is 0 Å². The van der Waals surface area contributed by atoms with Crippen molar-refractivity contribution in [2.45, 2.75) is 23.3 Å². The zero-order chi connectivity index (χ0) is 20.4. The van der Waals surface area contributed by atoms with Crippen molar-refractivity contribution in [3.63, 3.8) is 0 Å². The van der Waals surface area contributed by atoms with Gasteiger partial charge in [0, 0.05) is 38.0 Å². The average Bonchev–Trinajstić information content (AvgIpc) is 2.66. The first-order chi connectivity index (χ1) is 13.1. The Morgan fingerprint density at radius 3 is 2.14 bits per heavy atom. The van der Waals surface area contributed by atoms with Crippen molar-refractivity contribution in [3.05, 3.63) is 47.2 Å². The highest BCUT2D eigenvalue weighted by Crippen LogP contribution is 2.33. The average molecular weight is 422 g/mol. The molecule has 28 heavy (non-hydrogen) atoms. The smallest absolute Gasteiger partial charge is 0.354 e. The van der Waals surface area contributed by atoms with E-state index < -0.39 is 23.6 Å². The zero-order valence-corrected chi connectivity index (χ0v) is 15.3. The Hall–Kier alpha value is -2.01. The minimum atomic E-state index is -4.62. The number of nitrogens with one attached hydrogen (secondary N) is 1. The topological polar surface area (TPSA) is 41.1 Å². The predicted octanol–water partition coefficient (Wildman–Crippen LogP) is 4.22. The Balaban J connectivity index is 1.78. The normalized spacial score (nSPS) is 15.7. The third-order valence-electron chi connectivity index (χ3n) is 4.07. The monoisotopic (exact) mass is 422 g/mol. The molecule has 2 heterocycles. The van der Waals surface area contributed by atoms with Crippen molar-refractivity contribution in [2.24, 2.45) is 0 Å². The van der Waals surface area contributed by atoms with Crippen molar-refractivity contribution >= 4 is 17.6 Å². The molecule has 1 aliphatic rings. The van der Waals surface area contributed by atoms with Crippen LogP contribution in [-0.4, -0.2) is 36.1 Å². The molecule has 0 amide bonds. The fourth-order valence-electron chi connectivity index (χ4n) is 2.62. The van der Waals surface area contributed by atoms with Crippen LogP contribution in [0.2, 0.25) is 0 Å². The molecule has 1 N–H and O–H groups in total. The highest BCUT2D eigenvalue weighted by molar-refractivity contribution is 7.98. The molecule has 1 fully saturated rings. The summed E-state index contributed by atoms with van der Waals surface area (Å²) in [6, 6.07) is 5.39. The van der Waals surface area contributed by atoms with Gasteiger partial charge >= 0.3 is 12.4 Å². The second-order valence-corrected chi connectivity index (χ2v) is 7.05. The molecular formula is C17H16F6N4S. The zero-order valence-electron chi connectivity index (χ0n) is 14.4. The molecule has 1 saturated heterocycles. The van der Waals surface area contributed by atoms with Gasteiger partial charge in [0.1, 0.15) is 5.82 Å². The van der Waals surface area contributed by atoms with E-state index in [0.717, 1.165) is 30.0 Å². The van der Waals surface area contributed by atoms with E-state index in [-0.39, 0.29) is 16.7 Å². The number of hydrogen-bond acceptors (Lipinski definition) is 5. The number of hydrogen-bond donors (Lipinski definition) is 1. The number of aromatic nitrogens is 2. The Kier molecular flexibility index (Phi) is 6.04. The van der Waals surface area contributed by atoms with Gasteiger partial charge in [-0.1, -0.05) is 23.9 Å². The Morgan fingerprint density at radius 1 is 0.929 bits per heavy atom. The van der Waals surface area contributed by atoms with Crippen molar-refractivity contribution < 1.29 is 26.3 Å². The van der Waals surface area contributed by atoms with Crippen LogP contribution >= 0.6 is 11.8 Å². The Bertz CT molecular complexity index is 801. The van der Waals surface area contributed by atoms with Crippen molar-refractivity contribution in [1.29, 1.82) is 0 Å². The molecule has 11 heteroatoms. The van der Waals surface area contributed by atoms with Crippen LogP contribution in [-0.2, 0) is 18.1 Å². The van der Waals surface area contributed by atoms with Gasteiger partial charge in [0.25, 0.3) is 0 Å². The van der Waals surface area contributed by atoms with Crippen LogP contribution in [0.25, 0.3) is 0 Å². The highest BCUT2D eigenvalue weighted by Gasteiger charge is 2.34. The third-order valence-corrected chi connectivity index (χ3v) is 4.99. The first-order valence-corrected chi connectivity index (χ1v) is 9.32. The van der Waals surface area contributed by atoms with Crippen LogP contribution in [0.3, 0.4) is 0 Å². The molecule has 0 bridgehead atoms. The molecule has 4 nitrogen and oxygen atoms in total. The third kappa shape index (κ3) is 5.28. The summed E-state index contributed by atoms with van der Waals surface area (Å²) in [5, 5.41) is 3.05. The van der Waals surface area contributed by atoms with Gasteiger partial charge in [-0.2, -0.15) is 26.3 Å². The summed E-state index contributed by atoms with van der Waals surface area (Å²) in [5.74, 6) is 0.346. The predicted molar refractivity (Wildman–Crippen MR) is 93.1 cm³/mol. The van der Waals surface area contributed by atoms with E-state index in [1.807, 2.05) is 0 Å². The lowest BCUT2D eigenvalue weighted by atomic mass is 10.1. The van der Waals surface area contributed by atoms with E-state index in [2.05, 4.69) is 15.3 Å². The minimum absolute atomic E-state index is 0.0664. The van der Waals surface area contributed by atoms with E-state index in [9.17, 15) is 26.3 Å². The van der Waals surface area contributed by atoms with Gasteiger partial charge in [-0.3, -0.25) is 0 Å². The highest BCUT2D eigenvalue weighted by atomic mass is 32.2. The quantitative estimate of drug-likeness (QED) is 0.454. The van der Waals surface area contributed by atoms with Crippen LogP contribution in [0, 0.1) is 0 Å². The standard InChI is InChI=1S/C17H16F6N4S/c18-16(19,20)12-3-1-11(2-4-12)10-28-15-25-13(17(21,22)23)9-14(26-15)27-7-5-24-6-8-27/h1-4,9,24H,5-8,10H2. The molecule has 0 unspecified atom stereocenters. The molecule has 0 aliphatic carbocycles. The summed E-state index contributed by atoms with van der Waals surface area (Å²) in [4.78, 5) is 9.53. The molecule has 0 saturated carbocycles. The van der Waals surface area contributed by atoms with Gasteiger partial charge in [0.15, 0.2) is 10.9 Å². The lowest BCUT2D eigenvalue weighted by Crippen LogP contribution is -2.44. The van der Waals surface area contributed by atoms with Gasteiger partial charge in [-0.15, -0.1) is 0 Å². The van der Waals surface area contributed by atoms with E-state index >= 15 is 0 Å². The lowest BCUT2D eigenvalue weighted by Gasteiger charge is -2.28. The summed E-state index contributed by atoms with van der Waals surface area (Å²) < 4.78 is 77.4. The Morgan fingerprint density at radius 2 is 1.57 bits per heavy atom. The fraction of sp³-hybridized carbons (Fsp3) is 0.412. The molecule has 0 atom stereocenters.